The second-order valence-electron chi connectivity index (χ2n) is 5.23. The zero-order valence-electron chi connectivity index (χ0n) is 10.7. The third-order valence-electron chi connectivity index (χ3n) is 4.08. The maximum absolute atomic E-state index is 9.81. The van der Waals surface area contributed by atoms with Crippen molar-refractivity contribution in [3.8, 4) is 0 Å². The highest BCUT2D eigenvalue weighted by molar-refractivity contribution is 7.09. The molecule has 2 fully saturated rings. The Morgan fingerprint density at radius 1 is 1.39 bits per heavy atom. The van der Waals surface area contributed by atoms with Crippen molar-refractivity contribution in [2.24, 2.45) is 0 Å². The molecule has 0 aliphatic carbocycles. The van der Waals surface area contributed by atoms with Gasteiger partial charge in [0, 0.05) is 30.7 Å². The molecule has 3 unspecified atom stereocenters. The van der Waals surface area contributed by atoms with Gasteiger partial charge in [-0.05, 0) is 32.6 Å². The van der Waals surface area contributed by atoms with E-state index in [1.54, 1.807) is 7.11 Å². The van der Waals surface area contributed by atoms with Crippen LogP contribution in [-0.4, -0.2) is 39.8 Å². The minimum atomic E-state index is -0.135. The van der Waals surface area contributed by atoms with Crippen molar-refractivity contribution in [3.05, 3.63) is 5.82 Å². The lowest BCUT2D eigenvalue weighted by atomic mass is 10.0. The van der Waals surface area contributed by atoms with Gasteiger partial charge in [0.2, 0.25) is 5.13 Å². The monoisotopic (exact) mass is 269 g/mol. The van der Waals surface area contributed by atoms with E-state index in [0.29, 0.717) is 12.1 Å². The van der Waals surface area contributed by atoms with Crippen molar-refractivity contribution < 1.29 is 9.84 Å². The molecule has 2 saturated heterocycles. The van der Waals surface area contributed by atoms with E-state index >= 15 is 0 Å². The summed E-state index contributed by atoms with van der Waals surface area (Å²) in [4.78, 5) is 6.97. The number of hydrogen-bond acceptors (Lipinski definition) is 6. The van der Waals surface area contributed by atoms with Gasteiger partial charge in [-0.3, -0.25) is 0 Å². The van der Waals surface area contributed by atoms with E-state index in [9.17, 15) is 5.11 Å². The van der Waals surface area contributed by atoms with Crippen molar-refractivity contribution in [3.63, 3.8) is 0 Å². The van der Waals surface area contributed by atoms with E-state index in [-0.39, 0.29) is 12.2 Å². The molecule has 2 aliphatic rings. The third-order valence-corrected chi connectivity index (χ3v) is 4.82. The normalized spacial score (nSPS) is 32.8. The number of nitrogens with zero attached hydrogens (tertiary/aromatic N) is 3. The Labute approximate surface area is 111 Å². The van der Waals surface area contributed by atoms with Crippen LogP contribution in [0.3, 0.4) is 0 Å². The van der Waals surface area contributed by atoms with E-state index in [1.807, 2.05) is 6.92 Å². The first kappa shape index (κ1) is 12.3. The van der Waals surface area contributed by atoms with Crippen molar-refractivity contribution in [2.75, 3.05) is 12.0 Å². The maximum atomic E-state index is 9.81. The Kier molecular flexibility index (Phi) is 3.25. The largest absolute Gasteiger partial charge is 0.393 e. The predicted molar refractivity (Wildman–Crippen MR) is 69.9 cm³/mol. The quantitative estimate of drug-likeness (QED) is 0.905. The van der Waals surface area contributed by atoms with Crippen LogP contribution in [0.15, 0.2) is 0 Å². The Balaban J connectivity index is 1.81. The van der Waals surface area contributed by atoms with E-state index in [1.165, 1.54) is 11.5 Å². The van der Waals surface area contributed by atoms with Gasteiger partial charge in [0.1, 0.15) is 6.10 Å². The summed E-state index contributed by atoms with van der Waals surface area (Å²) in [6.07, 6.45) is 3.87. The summed E-state index contributed by atoms with van der Waals surface area (Å²) >= 11 is 1.45. The molecule has 5 nitrogen and oxygen atoms in total. The average Bonchev–Trinajstić information content (AvgIpc) is 2.92. The van der Waals surface area contributed by atoms with Crippen LogP contribution in [-0.2, 0) is 4.74 Å². The Morgan fingerprint density at radius 2 is 2.06 bits per heavy atom. The lowest BCUT2D eigenvalue weighted by Gasteiger charge is -2.36. The fourth-order valence-corrected chi connectivity index (χ4v) is 3.95. The average molecular weight is 269 g/mol. The first-order valence-corrected chi connectivity index (χ1v) is 7.29. The molecular weight excluding hydrogens is 250 g/mol. The van der Waals surface area contributed by atoms with Crippen LogP contribution in [0, 0.1) is 0 Å². The van der Waals surface area contributed by atoms with Gasteiger partial charge in [0.15, 0.2) is 5.82 Å². The molecule has 3 heterocycles. The number of ether oxygens (including phenoxy) is 1. The van der Waals surface area contributed by atoms with Crippen molar-refractivity contribution in [2.45, 2.75) is 56.9 Å². The zero-order valence-corrected chi connectivity index (χ0v) is 11.6. The van der Waals surface area contributed by atoms with Crippen LogP contribution in [0.5, 0.6) is 0 Å². The number of aliphatic hydroxyl groups excluding tert-OH is 1. The number of piperidine rings is 1. The van der Waals surface area contributed by atoms with Gasteiger partial charge in [-0.2, -0.15) is 4.37 Å². The van der Waals surface area contributed by atoms with Gasteiger partial charge in [-0.15, -0.1) is 0 Å². The lowest BCUT2D eigenvalue weighted by Crippen LogP contribution is -2.44. The highest BCUT2D eigenvalue weighted by Gasteiger charge is 2.41. The number of aromatic nitrogens is 2. The Morgan fingerprint density at radius 3 is 2.67 bits per heavy atom. The number of rotatable bonds is 3. The van der Waals surface area contributed by atoms with Crippen molar-refractivity contribution in [1.82, 2.24) is 9.36 Å². The van der Waals surface area contributed by atoms with Crippen LogP contribution in [0.25, 0.3) is 0 Å². The molecule has 0 radical (unpaired) electrons. The first-order chi connectivity index (χ1) is 8.69. The van der Waals surface area contributed by atoms with E-state index in [2.05, 4.69) is 14.3 Å². The molecule has 100 valence electrons. The molecule has 0 saturated carbocycles. The number of anilines is 1. The topological polar surface area (TPSA) is 58.5 Å². The van der Waals surface area contributed by atoms with Gasteiger partial charge in [0.05, 0.1) is 6.10 Å². The molecule has 0 amide bonds. The molecule has 6 heteroatoms. The first-order valence-electron chi connectivity index (χ1n) is 6.52. The molecule has 3 rings (SSSR count). The number of methoxy groups -OCH3 is 1. The summed E-state index contributed by atoms with van der Waals surface area (Å²) < 4.78 is 9.63. The fourth-order valence-electron chi connectivity index (χ4n) is 3.06. The van der Waals surface area contributed by atoms with Gasteiger partial charge >= 0.3 is 0 Å². The van der Waals surface area contributed by atoms with Gasteiger partial charge < -0.3 is 14.7 Å². The van der Waals surface area contributed by atoms with Crippen LogP contribution in [0.1, 0.15) is 44.5 Å². The molecule has 18 heavy (non-hydrogen) atoms. The van der Waals surface area contributed by atoms with Crippen molar-refractivity contribution in [1.29, 1.82) is 0 Å². The highest BCUT2D eigenvalue weighted by Crippen LogP contribution is 2.40. The number of aliphatic hydroxyl groups is 1. The van der Waals surface area contributed by atoms with Crippen LogP contribution in [0.4, 0.5) is 5.13 Å². The standard InChI is InChI=1S/C12H19N3O2S/c1-7(17-2)11-13-12(18-14-11)15-8-3-4-9(15)6-10(16)5-8/h7-10,16H,3-6H2,1-2H3. The summed E-state index contributed by atoms with van der Waals surface area (Å²) in [7, 11) is 1.67. The minimum absolute atomic E-state index is 0.0527. The molecule has 0 aromatic carbocycles. The van der Waals surface area contributed by atoms with E-state index in [0.717, 1.165) is 36.6 Å². The second-order valence-corrected chi connectivity index (χ2v) is 5.96. The summed E-state index contributed by atoms with van der Waals surface area (Å²) in [5.74, 6) is 0.767. The zero-order chi connectivity index (χ0) is 12.7. The second kappa shape index (κ2) is 4.75. The smallest absolute Gasteiger partial charge is 0.205 e. The number of hydrogen-bond donors (Lipinski definition) is 1. The predicted octanol–water partition coefficient (Wildman–Crippen LogP) is 1.74. The SMILES string of the molecule is COC(C)c1nsc(N2C3CCC2CC(O)C3)n1. The number of fused-ring (bicyclic) bond motifs is 2. The van der Waals surface area contributed by atoms with Gasteiger partial charge in [-0.1, -0.05) is 0 Å². The molecular formula is C12H19N3O2S. The molecule has 3 atom stereocenters. The van der Waals surface area contributed by atoms with Gasteiger partial charge in [0.25, 0.3) is 0 Å². The van der Waals surface area contributed by atoms with Crippen LogP contribution < -0.4 is 4.90 Å². The van der Waals surface area contributed by atoms with Crippen molar-refractivity contribution >= 4 is 16.7 Å². The van der Waals surface area contributed by atoms with E-state index in [4.69, 9.17) is 4.74 Å². The summed E-state index contributed by atoms with van der Waals surface area (Å²) in [6, 6.07) is 0.884. The maximum Gasteiger partial charge on any atom is 0.205 e. The molecule has 1 N–H and O–H groups in total. The summed E-state index contributed by atoms with van der Waals surface area (Å²) in [6.45, 7) is 1.96. The third kappa shape index (κ3) is 2.02. The molecule has 2 aliphatic heterocycles. The Bertz CT molecular complexity index is 411. The molecule has 1 aromatic rings. The fraction of sp³-hybridized carbons (Fsp3) is 0.833. The Hall–Kier alpha value is -0.720. The summed E-state index contributed by atoms with van der Waals surface area (Å²) in [5, 5.41) is 10.8. The van der Waals surface area contributed by atoms with Gasteiger partial charge in [-0.25, -0.2) is 4.98 Å². The molecule has 2 bridgehead atoms. The minimum Gasteiger partial charge on any atom is -0.393 e. The summed E-state index contributed by atoms with van der Waals surface area (Å²) in [5.41, 5.74) is 0. The molecule has 1 aromatic heterocycles. The highest BCUT2D eigenvalue weighted by atomic mass is 32.1. The van der Waals surface area contributed by atoms with Crippen LogP contribution >= 0.6 is 11.5 Å². The lowest BCUT2D eigenvalue weighted by molar-refractivity contribution is 0.113. The molecule has 0 spiro atoms. The van der Waals surface area contributed by atoms with E-state index < -0.39 is 0 Å². The van der Waals surface area contributed by atoms with Crippen LogP contribution in [0.2, 0.25) is 0 Å².